The first kappa shape index (κ1) is 16.2. The van der Waals surface area contributed by atoms with Crippen LogP contribution in [0.25, 0.3) is 0 Å². The molecule has 1 aromatic rings. The number of carboxylic acid groups (broad SMARTS) is 1. The molecule has 0 aliphatic rings. The summed E-state index contributed by atoms with van der Waals surface area (Å²) in [6, 6.07) is 8.81. The fourth-order valence-electron chi connectivity index (χ4n) is 1.69. The van der Waals surface area contributed by atoms with E-state index in [9.17, 15) is 9.59 Å². The molecule has 5 heteroatoms. The first-order valence-corrected chi connectivity index (χ1v) is 6.64. The van der Waals surface area contributed by atoms with Crippen molar-refractivity contribution >= 4 is 11.9 Å². The van der Waals surface area contributed by atoms with Crippen LogP contribution in [0, 0.1) is 5.92 Å². The fourth-order valence-corrected chi connectivity index (χ4v) is 1.69. The van der Waals surface area contributed by atoms with E-state index in [1.54, 1.807) is 13.8 Å². The Labute approximate surface area is 118 Å². The van der Waals surface area contributed by atoms with Gasteiger partial charge in [-0.25, -0.2) is 4.79 Å². The maximum absolute atomic E-state index is 11.6. The number of carbonyl (C=O) groups is 2. The average molecular weight is 279 g/mol. The molecule has 0 aliphatic heterocycles. The first-order chi connectivity index (χ1) is 9.50. The van der Waals surface area contributed by atoms with Gasteiger partial charge in [0.25, 0.3) is 0 Å². The number of nitrogens with one attached hydrogen (secondary N) is 1. The van der Waals surface area contributed by atoms with E-state index in [2.05, 4.69) is 5.32 Å². The third-order valence-electron chi connectivity index (χ3n) is 2.83. The van der Waals surface area contributed by atoms with Gasteiger partial charge in [-0.1, -0.05) is 44.2 Å². The van der Waals surface area contributed by atoms with Gasteiger partial charge in [-0.3, -0.25) is 4.79 Å². The highest BCUT2D eigenvalue weighted by Crippen LogP contribution is 2.03. The van der Waals surface area contributed by atoms with Gasteiger partial charge < -0.3 is 15.2 Å². The number of carbonyl (C=O) groups excluding carboxylic acids is 1. The van der Waals surface area contributed by atoms with Gasteiger partial charge in [0.05, 0.1) is 13.2 Å². The SMILES string of the molecule is CC(C)C(NC(=O)CCOCc1ccccc1)C(=O)O. The van der Waals surface area contributed by atoms with Gasteiger partial charge in [-0.05, 0) is 11.5 Å². The molecule has 1 amide bonds. The Kier molecular flexibility index (Phi) is 6.73. The summed E-state index contributed by atoms with van der Waals surface area (Å²) in [5, 5.41) is 11.5. The van der Waals surface area contributed by atoms with Crippen molar-refractivity contribution in [2.75, 3.05) is 6.61 Å². The largest absolute Gasteiger partial charge is 0.480 e. The zero-order valence-corrected chi connectivity index (χ0v) is 11.8. The van der Waals surface area contributed by atoms with Crippen LogP contribution in [0.4, 0.5) is 0 Å². The molecule has 2 N–H and O–H groups in total. The summed E-state index contributed by atoms with van der Waals surface area (Å²) in [6.45, 7) is 4.22. The van der Waals surface area contributed by atoms with Crippen LogP contribution in [0.2, 0.25) is 0 Å². The molecular formula is C15H21NO4. The van der Waals surface area contributed by atoms with E-state index < -0.39 is 12.0 Å². The van der Waals surface area contributed by atoms with Crippen LogP contribution in [0.15, 0.2) is 30.3 Å². The molecule has 110 valence electrons. The van der Waals surface area contributed by atoms with Gasteiger partial charge in [-0.15, -0.1) is 0 Å². The lowest BCUT2D eigenvalue weighted by atomic mass is 10.0. The normalized spacial score (nSPS) is 12.2. The molecule has 20 heavy (non-hydrogen) atoms. The van der Waals surface area contributed by atoms with Crippen molar-refractivity contribution in [1.29, 1.82) is 0 Å². The van der Waals surface area contributed by atoms with Gasteiger partial charge in [0.1, 0.15) is 6.04 Å². The molecule has 0 aromatic heterocycles. The molecule has 1 aromatic carbocycles. The van der Waals surface area contributed by atoms with Gasteiger partial charge >= 0.3 is 5.97 Å². The summed E-state index contributed by atoms with van der Waals surface area (Å²) in [5.41, 5.74) is 1.04. The van der Waals surface area contributed by atoms with Crippen LogP contribution < -0.4 is 5.32 Å². The highest BCUT2D eigenvalue weighted by atomic mass is 16.5. The number of rotatable bonds is 8. The molecule has 1 atom stereocenters. The smallest absolute Gasteiger partial charge is 0.326 e. The monoisotopic (exact) mass is 279 g/mol. The minimum absolute atomic E-state index is 0.151. The highest BCUT2D eigenvalue weighted by Gasteiger charge is 2.22. The lowest BCUT2D eigenvalue weighted by Crippen LogP contribution is -2.44. The van der Waals surface area contributed by atoms with Crippen molar-refractivity contribution in [3.05, 3.63) is 35.9 Å². The fraction of sp³-hybridized carbons (Fsp3) is 0.467. The highest BCUT2D eigenvalue weighted by molar-refractivity contribution is 5.83. The summed E-state index contributed by atoms with van der Waals surface area (Å²) in [7, 11) is 0. The van der Waals surface area contributed by atoms with Crippen LogP contribution in [0.3, 0.4) is 0 Å². The van der Waals surface area contributed by atoms with E-state index in [4.69, 9.17) is 9.84 Å². The second-order valence-electron chi connectivity index (χ2n) is 4.92. The summed E-state index contributed by atoms with van der Waals surface area (Å²) < 4.78 is 5.38. The van der Waals surface area contributed by atoms with Crippen molar-refractivity contribution in [1.82, 2.24) is 5.32 Å². The second-order valence-corrected chi connectivity index (χ2v) is 4.92. The van der Waals surface area contributed by atoms with Crippen molar-refractivity contribution in [3.8, 4) is 0 Å². The lowest BCUT2D eigenvalue weighted by molar-refractivity contribution is -0.143. The van der Waals surface area contributed by atoms with Gasteiger partial charge in [0, 0.05) is 6.42 Å². The first-order valence-electron chi connectivity index (χ1n) is 6.64. The Hall–Kier alpha value is -1.88. The Morgan fingerprint density at radius 3 is 2.45 bits per heavy atom. The molecule has 0 spiro atoms. The minimum atomic E-state index is -1.02. The minimum Gasteiger partial charge on any atom is -0.480 e. The molecule has 0 saturated heterocycles. The molecule has 1 rings (SSSR count). The van der Waals surface area contributed by atoms with Crippen molar-refractivity contribution in [2.45, 2.75) is 32.9 Å². The molecule has 0 fully saturated rings. The number of hydrogen-bond donors (Lipinski definition) is 2. The number of hydrogen-bond acceptors (Lipinski definition) is 3. The Morgan fingerprint density at radius 1 is 1.25 bits per heavy atom. The van der Waals surface area contributed by atoms with Crippen molar-refractivity contribution < 1.29 is 19.4 Å². The summed E-state index contributed by atoms with van der Waals surface area (Å²) in [4.78, 5) is 22.6. The number of ether oxygens (including phenoxy) is 1. The van der Waals surface area contributed by atoms with Crippen molar-refractivity contribution in [3.63, 3.8) is 0 Å². The Morgan fingerprint density at radius 2 is 1.90 bits per heavy atom. The topological polar surface area (TPSA) is 75.6 Å². The number of aliphatic carboxylic acids is 1. The van der Waals surface area contributed by atoms with Crippen LogP contribution >= 0.6 is 0 Å². The predicted octanol–water partition coefficient (Wildman–Crippen LogP) is 1.82. The molecular weight excluding hydrogens is 258 g/mol. The second kappa shape index (κ2) is 8.32. The summed E-state index contributed by atoms with van der Waals surface area (Å²) in [6.07, 6.45) is 0.156. The lowest BCUT2D eigenvalue weighted by Gasteiger charge is -2.17. The van der Waals surface area contributed by atoms with Crippen LogP contribution in [-0.2, 0) is 20.9 Å². The molecule has 0 bridgehead atoms. The van der Waals surface area contributed by atoms with E-state index in [1.165, 1.54) is 0 Å². The summed E-state index contributed by atoms with van der Waals surface area (Å²) in [5.74, 6) is -1.47. The van der Waals surface area contributed by atoms with E-state index in [1.807, 2.05) is 30.3 Å². The zero-order valence-electron chi connectivity index (χ0n) is 11.8. The Bertz CT molecular complexity index is 431. The molecule has 0 radical (unpaired) electrons. The summed E-state index contributed by atoms with van der Waals surface area (Å²) >= 11 is 0. The molecule has 5 nitrogen and oxygen atoms in total. The Balaban J connectivity index is 2.24. The average Bonchev–Trinajstić information content (AvgIpc) is 2.41. The maximum Gasteiger partial charge on any atom is 0.326 e. The number of benzene rings is 1. The number of carboxylic acids is 1. The van der Waals surface area contributed by atoms with Gasteiger partial charge in [-0.2, -0.15) is 0 Å². The standard InChI is InChI=1S/C15H21NO4/c1-11(2)14(15(18)19)16-13(17)8-9-20-10-12-6-4-3-5-7-12/h3-7,11,14H,8-10H2,1-2H3,(H,16,17)(H,18,19). The molecule has 0 heterocycles. The van der Waals surface area contributed by atoms with Gasteiger partial charge in [0.15, 0.2) is 0 Å². The molecule has 1 unspecified atom stereocenters. The third-order valence-corrected chi connectivity index (χ3v) is 2.83. The van der Waals surface area contributed by atoms with E-state index in [0.29, 0.717) is 6.61 Å². The predicted molar refractivity (Wildman–Crippen MR) is 75.1 cm³/mol. The van der Waals surface area contributed by atoms with E-state index >= 15 is 0 Å². The third kappa shape index (κ3) is 5.84. The van der Waals surface area contributed by atoms with E-state index in [-0.39, 0.29) is 24.9 Å². The molecule has 0 saturated carbocycles. The van der Waals surface area contributed by atoms with Crippen molar-refractivity contribution in [2.24, 2.45) is 5.92 Å². The van der Waals surface area contributed by atoms with Crippen LogP contribution in [-0.4, -0.2) is 29.6 Å². The zero-order chi connectivity index (χ0) is 15.0. The number of amides is 1. The van der Waals surface area contributed by atoms with Crippen LogP contribution in [0.5, 0.6) is 0 Å². The van der Waals surface area contributed by atoms with Gasteiger partial charge in [0.2, 0.25) is 5.91 Å². The quantitative estimate of drug-likeness (QED) is 0.712. The molecule has 0 aliphatic carbocycles. The van der Waals surface area contributed by atoms with Crippen LogP contribution in [0.1, 0.15) is 25.8 Å². The van der Waals surface area contributed by atoms with E-state index in [0.717, 1.165) is 5.56 Å². The maximum atomic E-state index is 11.6.